The van der Waals surface area contributed by atoms with Crippen LogP contribution in [-0.2, 0) is 11.3 Å². The lowest BCUT2D eigenvalue weighted by molar-refractivity contribution is -0.121. The van der Waals surface area contributed by atoms with Crippen LogP contribution < -0.4 is 16.2 Å². The van der Waals surface area contributed by atoms with Crippen LogP contribution in [0.15, 0.2) is 28.9 Å². The van der Waals surface area contributed by atoms with Crippen LogP contribution in [0.2, 0.25) is 5.02 Å². The average Bonchev–Trinajstić information content (AvgIpc) is 3.16. The molecule has 0 saturated heterocycles. The Morgan fingerprint density at radius 1 is 1.16 bits per heavy atom. The number of benzene rings is 1. The van der Waals surface area contributed by atoms with Crippen LogP contribution in [-0.4, -0.2) is 27.1 Å². The standard InChI is InChI=1S/C19H17ClF2N6O3/c1-3-16(29)26-27-19(30)24-8-15-13(21)4-10(7-23-15)12-5-11(20)6-14(22)17(12)18-25-9(2)31-28-18/h4-7H,3,8H2,1-2H3,(H,26,29)(H2,24,27,30). The smallest absolute Gasteiger partial charge is 0.333 e. The zero-order chi connectivity index (χ0) is 22.5. The summed E-state index contributed by atoms with van der Waals surface area (Å²) in [5.41, 5.74) is 4.64. The summed E-state index contributed by atoms with van der Waals surface area (Å²) in [5, 5.41) is 6.17. The summed E-state index contributed by atoms with van der Waals surface area (Å²) in [4.78, 5) is 30.8. The fraction of sp³-hybridized carbons (Fsp3) is 0.211. The van der Waals surface area contributed by atoms with Gasteiger partial charge in [0.1, 0.15) is 11.6 Å². The number of hydrazine groups is 1. The SMILES string of the molecule is CCC(=O)NNC(=O)NCc1ncc(-c2cc(Cl)cc(F)c2-c2noc(C)n2)cc1F. The van der Waals surface area contributed by atoms with Crippen molar-refractivity contribution in [2.75, 3.05) is 0 Å². The number of aryl methyl sites for hydroxylation is 1. The molecule has 0 atom stereocenters. The summed E-state index contributed by atoms with van der Waals surface area (Å²) in [6.07, 6.45) is 1.49. The van der Waals surface area contributed by atoms with Crippen molar-refractivity contribution in [3.8, 4) is 22.5 Å². The number of hydrogen-bond acceptors (Lipinski definition) is 6. The maximum absolute atomic E-state index is 14.6. The summed E-state index contributed by atoms with van der Waals surface area (Å²) in [7, 11) is 0. The van der Waals surface area contributed by atoms with E-state index >= 15 is 0 Å². The van der Waals surface area contributed by atoms with Gasteiger partial charge in [0.05, 0.1) is 17.8 Å². The van der Waals surface area contributed by atoms with Gasteiger partial charge in [0.2, 0.25) is 17.6 Å². The first-order chi connectivity index (χ1) is 14.8. The van der Waals surface area contributed by atoms with E-state index in [1.165, 1.54) is 12.3 Å². The van der Waals surface area contributed by atoms with E-state index in [1.54, 1.807) is 13.8 Å². The number of carbonyl (C=O) groups is 2. The van der Waals surface area contributed by atoms with Gasteiger partial charge >= 0.3 is 6.03 Å². The predicted molar refractivity (Wildman–Crippen MR) is 106 cm³/mol. The predicted octanol–water partition coefficient (Wildman–Crippen LogP) is 3.28. The topological polar surface area (TPSA) is 122 Å². The number of amides is 3. The molecule has 9 nitrogen and oxygen atoms in total. The van der Waals surface area contributed by atoms with Crippen molar-refractivity contribution in [2.45, 2.75) is 26.8 Å². The molecular weight excluding hydrogens is 434 g/mol. The van der Waals surface area contributed by atoms with E-state index in [9.17, 15) is 18.4 Å². The van der Waals surface area contributed by atoms with Gasteiger partial charge in [-0.25, -0.2) is 19.0 Å². The molecule has 1 aromatic carbocycles. The van der Waals surface area contributed by atoms with Crippen molar-refractivity contribution in [1.82, 2.24) is 31.3 Å². The van der Waals surface area contributed by atoms with Crippen LogP contribution in [0, 0.1) is 18.6 Å². The van der Waals surface area contributed by atoms with Crippen molar-refractivity contribution in [3.63, 3.8) is 0 Å². The van der Waals surface area contributed by atoms with E-state index in [0.29, 0.717) is 0 Å². The third kappa shape index (κ3) is 5.31. The average molecular weight is 451 g/mol. The number of aromatic nitrogens is 3. The minimum Gasteiger partial charge on any atom is -0.339 e. The molecule has 0 unspecified atom stereocenters. The molecule has 0 aliphatic carbocycles. The zero-order valence-corrected chi connectivity index (χ0v) is 17.2. The van der Waals surface area contributed by atoms with E-state index < -0.39 is 17.7 Å². The van der Waals surface area contributed by atoms with Crippen LogP contribution in [0.4, 0.5) is 13.6 Å². The highest BCUT2D eigenvalue weighted by Crippen LogP contribution is 2.35. The second-order valence-electron chi connectivity index (χ2n) is 6.31. The second-order valence-corrected chi connectivity index (χ2v) is 6.75. The van der Waals surface area contributed by atoms with Crippen molar-refractivity contribution < 1.29 is 22.9 Å². The lowest BCUT2D eigenvalue weighted by atomic mass is 9.99. The summed E-state index contributed by atoms with van der Waals surface area (Å²) >= 11 is 5.98. The summed E-state index contributed by atoms with van der Waals surface area (Å²) < 4.78 is 34.2. The molecule has 0 saturated carbocycles. The van der Waals surface area contributed by atoms with E-state index in [1.807, 2.05) is 0 Å². The maximum atomic E-state index is 14.6. The first-order valence-electron chi connectivity index (χ1n) is 9.05. The molecule has 3 amide bonds. The van der Waals surface area contributed by atoms with Gasteiger partial charge in [0.15, 0.2) is 0 Å². The molecule has 0 bridgehead atoms. The first-order valence-corrected chi connectivity index (χ1v) is 9.43. The summed E-state index contributed by atoms with van der Waals surface area (Å²) in [6.45, 7) is 2.92. The van der Waals surface area contributed by atoms with Gasteiger partial charge in [0, 0.05) is 30.1 Å². The fourth-order valence-electron chi connectivity index (χ4n) is 2.60. The monoisotopic (exact) mass is 450 g/mol. The number of urea groups is 1. The lowest BCUT2D eigenvalue weighted by Crippen LogP contribution is -2.46. The van der Waals surface area contributed by atoms with Gasteiger partial charge in [-0.3, -0.25) is 15.2 Å². The van der Waals surface area contributed by atoms with Gasteiger partial charge in [-0.15, -0.1) is 0 Å². The number of hydrogen-bond donors (Lipinski definition) is 3. The quantitative estimate of drug-likeness (QED) is 0.513. The van der Waals surface area contributed by atoms with Crippen LogP contribution in [0.5, 0.6) is 0 Å². The Morgan fingerprint density at radius 2 is 1.94 bits per heavy atom. The molecule has 12 heteroatoms. The van der Waals surface area contributed by atoms with Gasteiger partial charge in [-0.2, -0.15) is 4.98 Å². The molecule has 0 fully saturated rings. The van der Waals surface area contributed by atoms with Crippen LogP contribution in [0.3, 0.4) is 0 Å². The summed E-state index contributed by atoms with van der Waals surface area (Å²) in [5.74, 6) is -1.62. The molecule has 3 N–H and O–H groups in total. The van der Waals surface area contributed by atoms with Crippen LogP contribution in [0.1, 0.15) is 24.9 Å². The number of nitrogens with one attached hydrogen (secondary N) is 3. The maximum Gasteiger partial charge on any atom is 0.333 e. The Labute approximate surface area is 180 Å². The van der Waals surface area contributed by atoms with E-state index in [0.717, 1.165) is 12.1 Å². The normalized spacial score (nSPS) is 10.6. The Morgan fingerprint density at radius 3 is 2.58 bits per heavy atom. The highest BCUT2D eigenvalue weighted by Gasteiger charge is 2.20. The largest absolute Gasteiger partial charge is 0.339 e. The molecule has 2 aromatic heterocycles. The Kier molecular flexibility index (Phi) is 6.75. The molecule has 3 aromatic rings. The highest BCUT2D eigenvalue weighted by atomic mass is 35.5. The summed E-state index contributed by atoms with van der Waals surface area (Å²) in [6, 6.07) is 2.91. The third-order valence-electron chi connectivity index (χ3n) is 4.09. The van der Waals surface area contributed by atoms with Gasteiger partial charge in [0.25, 0.3) is 0 Å². The molecular formula is C19H17ClF2N6O3. The number of rotatable bonds is 5. The molecule has 31 heavy (non-hydrogen) atoms. The van der Waals surface area contributed by atoms with Crippen molar-refractivity contribution >= 4 is 23.5 Å². The van der Waals surface area contributed by atoms with E-state index in [2.05, 4.69) is 31.3 Å². The van der Waals surface area contributed by atoms with Crippen molar-refractivity contribution in [1.29, 1.82) is 0 Å². The van der Waals surface area contributed by atoms with E-state index in [-0.39, 0.29) is 58.0 Å². The van der Waals surface area contributed by atoms with Gasteiger partial charge in [-0.05, 0) is 23.8 Å². The minimum absolute atomic E-state index is 0.0145. The van der Waals surface area contributed by atoms with Gasteiger partial charge in [-0.1, -0.05) is 23.7 Å². The number of carbonyl (C=O) groups excluding carboxylic acids is 2. The Hall–Kier alpha value is -3.60. The van der Waals surface area contributed by atoms with Gasteiger partial charge < -0.3 is 9.84 Å². The number of nitrogens with zero attached hydrogens (tertiary/aromatic N) is 3. The number of pyridine rings is 1. The van der Waals surface area contributed by atoms with E-state index in [4.69, 9.17) is 16.1 Å². The first kappa shape index (κ1) is 22.1. The molecule has 3 rings (SSSR count). The van der Waals surface area contributed by atoms with Crippen molar-refractivity contribution in [2.24, 2.45) is 0 Å². The fourth-order valence-corrected chi connectivity index (χ4v) is 2.80. The third-order valence-corrected chi connectivity index (χ3v) is 4.31. The van der Waals surface area contributed by atoms with Crippen LogP contribution >= 0.6 is 11.6 Å². The molecule has 0 aliphatic heterocycles. The Balaban J connectivity index is 1.83. The molecule has 2 heterocycles. The molecule has 0 radical (unpaired) electrons. The molecule has 0 aliphatic rings. The number of halogens is 3. The molecule has 0 spiro atoms. The molecule has 162 valence electrons. The van der Waals surface area contributed by atoms with Crippen molar-refractivity contribution in [3.05, 3.63) is 52.6 Å². The second kappa shape index (κ2) is 9.47. The lowest BCUT2D eigenvalue weighted by Gasteiger charge is -2.11. The zero-order valence-electron chi connectivity index (χ0n) is 16.4. The Bertz CT molecular complexity index is 1140. The highest BCUT2D eigenvalue weighted by molar-refractivity contribution is 6.31. The van der Waals surface area contributed by atoms with Crippen LogP contribution in [0.25, 0.3) is 22.5 Å². The minimum atomic E-state index is -0.744.